The van der Waals surface area contributed by atoms with Crippen molar-refractivity contribution in [2.45, 2.75) is 40.7 Å². The number of hydrogen-bond acceptors (Lipinski definition) is 4. The normalized spacial score (nSPS) is 12.5. The van der Waals surface area contributed by atoms with Crippen LogP contribution in [-0.4, -0.2) is 61.1 Å². The number of nitrogens with zero attached hydrogens (tertiary/aromatic N) is 2. The number of amides is 1. The van der Waals surface area contributed by atoms with Crippen LogP contribution in [0.3, 0.4) is 0 Å². The van der Waals surface area contributed by atoms with Crippen LogP contribution in [0.25, 0.3) is 0 Å². The number of ketones is 1. The Balaban J connectivity index is 2.87. The van der Waals surface area contributed by atoms with Crippen LogP contribution in [0.1, 0.15) is 48.6 Å². The van der Waals surface area contributed by atoms with E-state index in [0.717, 1.165) is 17.0 Å². The van der Waals surface area contributed by atoms with Gasteiger partial charge in [0.05, 0.1) is 25.7 Å². The molecule has 24 heavy (non-hydrogen) atoms. The predicted molar refractivity (Wildman–Crippen MR) is 95.6 cm³/mol. The summed E-state index contributed by atoms with van der Waals surface area (Å²) in [5.74, 6) is -0.00328. The number of hydrogen-bond donors (Lipinski definition) is 1. The fraction of sp³-hybridized carbons (Fsp3) is 0.667. The van der Waals surface area contributed by atoms with Gasteiger partial charge in [0.2, 0.25) is 5.91 Å². The van der Waals surface area contributed by atoms with E-state index in [-0.39, 0.29) is 30.8 Å². The maximum Gasteiger partial charge on any atom is 0.234 e. The van der Waals surface area contributed by atoms with Crippen LogP contribution in [0.15, 0.2) is 6.07 Å². The molecule has 0 aliphatic heterocycles. The Labute approximate surface area is 145 Å². The average Bonchev–Trinajstić information content (AvgIpc) is 2.81. The first kappa shape index (κ1) is 20.4. The van der Waals surface area contributed by atoms with Crippen LogP contribution in [-0.2, 0) is 9.53 Å². The highest BCUT2D eigenvalue weighted by Crippen LogP contribution is 2.21. The van der Waals surface area contributed by atoms with Gasteiger partial charge in [-0.15, -0.1) is 0 Å². The van der Waals surface area contributed by atoms with E-state index in [1.165, 1.54) is 0 Å². The monoisotopic (exact) mass is 337 g/mol. The van der Waals surface area contributed by atoms with Crippen molar-refractivity contribution in [2.75, 3.05) is 39.9 Å². The van der Waals surface area contributed by atoms with E-state index >= 15 is 0 Å². The highest BCUT2D eigenvalue weighted by molar-refractivity contribution is 5.99. The Morgan fingerprint density at radius 1 is 1.29 bits per heavy atom. The summed E-state index contributed by atoms with van der Waals surface area (Å²) in [7, 11) is 1.68. The molecule has 0 radical (unpaired) electrons. The van der Waals surface area contributed by atoms with Crippen molar-refractivity contribution in [2.24, 2.45) is 0 Å². The zero-order chi connectivity index (χ0) is 18.3. The molecule has 6 heteroatoms. The van der Waals surface area contributed by atoms with Crippen LogP contribution in [0.2, 0.25) is 0 Å². The first-order valence-corrected chi connectivity index (χ1v) is 8.55. The first-order chi connectivity index (χ1) is 11.3. The van der Waals surface area contributed by atoms with E-state index in [1.807, 2.05) is 38.7 Å². The molecule has 0 saturated carbocycles. The second kappa shape index (κ2) is 9.59. The summed E-state index contributed by atoms with van der Waals surface area (Å²) in [6, 6.07) is 2.11. The highest BCUT2D eigenvalue weighted by atomic mass is 16.5. The van der Waals surface area contributed by atoms with Crippen LogP contribution in [0, 0.1) is 13.8 Å². The maximum absolute atomic E-state index is 12.7. The van der Waals surface area contributed by atoms with E-state index in [4.69, 9.17) is 4.74 Å². The number of carbonyl (C=O) groups is 2. The van der Waals surface area contributed by atoms with Gasteiger partial charge in [-0.1, -0.05) is 6.92 Å². The number of methoxy groups -OCH3 is 1. The highest BCUT2D eigenvalue weighted by Gasteiger charge is 2.21. The van der Waals surface area contributed by atoms with Gasteiger partial charge in [0, 0.05) is 30.6 Å². The van der Waals surface area contributed by atoms with Gasteiger partial charge >= 0.3 is 0 Å². The molecular weight excluding hydrogens is 306 g/mol. The van der Waals surface area contributed by atoms with Crippen LogP contribution in [0.5, 0.6) is 0 Å². The lowest BCUT2D eigenvalue weighted by Gasteiger charge is -2.19. The molecule has 0 fully saturated rings. The van der Waals surface area contributed by atoms with Crippen molar-refractivity contribution < 1.29 is 14.3 Å². The van der Waals surface area contributed by atoms with Crippen molar-refractivity contribution in [3.63, 3.8) is 0 Å². The second-order valence-corrected chi connectivity index (χ2v) is 6.14. The number of aromatic nitrogens is 1. The summed E-state index contributed by atoms with van der Waals surface area (Å²) in [6.45, 7) is 12.2. The smallest absolute Gasteiger partial charge is 0.234 e. The number of aryl methyl sites for hydroxylation is 1. The molecule has 0 aliphatic rings. The quantitative estimate of drug-likeness (QED) is 0.663. The molecule has 0 unspecified atom stereocenters. The molecule has 1 atom stereocenters. The van der Waals surface area contributed by atoms with E-state index in [1.54, 1.807) is 7.11 Å². The lowest BCUT2D eigenvalue weighted by molar-refractivity contribution is -0.121. The van der Waals surface area contributed by atoms with E-state index in [2.05, 4.69) is 16.8 Å². The second-order valence-electron chi connectivity index (χ2n) is 6.14. The minimum absolute atomic E-state index is 0.0464. The summed E-state index contributed by atoms with van der Waals surface area (Å²) in [5, 5.41) is 2.77. The molecule has 0 spiro atoms. The summed E-state index contributed by atoms with van der Waals surface area (Å²) in [6.07, 6.45) is 0. The van der Waals surface area contributed by atoms with Gasteiger partial charge in [-0.3, -0.25) is 14.5 Å². The van der Waals surface area contributed by atoms with Crippen molar-refractivity contribution in [3.05, 3.63) is 23.0 Å². The molecular formula is C18H31N3O3. The predicted octanol–water partition coefficient (Wildman–Crippen LogP) is 1.95. The molecule has 1 amide bonds. The molecule has 0 aromatic carbocycles. The van der Waals surface area contributed by atoms with Gasteiger partial charge in [-0.25, -0.2) is 0 Å². The van der Waals surface area contributed by atoms with E-state index in [0.29, 0.717) is 19.7 Å². The number of ether oxygens (including phenoxy) is 1. The Kier molecular flexibility index (Phi) is 8.15. The minimum Gasteiger partial charge on any atom is -0.383 e. The SMILES string of the molecule is CCNC(=O)CN(CC)CC(=O)c1cc(C)n([C@H](C)COC)c1C. The Morgan fingerprint density at radius 3 is 2.50 bits per heavy atom. The van der Waals surface area contributed by atoms with Crippen molar-refractivity contribution >= 4 is 11.7 Å². The largest absolute Gasteiger partial charge is 0.383 e. The fourth-order valence-corrected chi connectivity index (χ4v) is 3.08. The third kappa shape index (κ3) is 5.18. The molecule has 136 valence electrons. The number of rotatable bonds is 10. The van der Waals surface area contributed by atoms with E-state index < -0.39 is 0 Å². The topological polar surface area (TPSA) is 63.6 Å². The van der Waals surface area contributed by atoms with Gasteiger partial charge in [0.25, 0.3) is 0 Å². The molecule has 1 N–H and O–H groups in total. The van der Waals surface area contributed by atoms with Crippen LogP contribution >= 0.6 is 0 Å². The molecule has 0 bridgehead atoms. The van der Waals surface area contributed by atoms with Gasteiger partial charge in [-0.2, -0.15) is 0 Å². The molecule has 1 rings (SSSR count). The first-order valence-electron chi connectivity index (χ1n) is 8.55. The Hall–Kier alpha value is -1.66. The minimum atomic E-state index is -0.0497. The summed E-state index contributed by atoms with van der Waals surface area (Å²) >= 11 is 0. The van der Waals surface area contributed by atoms with E-state index in [9.17, 15) is 9.59 Å². The molecule has 1 heterocycles. The summed E-state index contributed by atoms with van der Waals surface area (Å²) < 4.78 is 7.36. The third-order valence-electron chi connectivity index (χ3n) is 4.19. The third-order valence-corrected chi connectivity index (χ3v) is 4.19. The standard InChI is InChI=1S/C18H31N3O3/c1-7-19-18(23)11-20(8-2)10-17(22)16-9-13(3)21(15(16)5)14(4)12-24-6/h9,14H,7-8,10-12H2,1-6H3,(H,19,23)/t14-/m1/s1. The lowest BCUT2D eigenvalue weighted by Crippen LogP contribution is -2.39. The maximum atomic E-state index is 12.7. The summed E-state index contributed by atoms with van der Waals surface area (Å²) in [5.41, 5.74) is 2.73. The van der Waals surface area contributed by atoms with Gasteiger partial charge in [-0.05, 0) is 40.3 Å². The van der Waals surface area contributed by atoms with Gasteiger partial charge in [0.15, 0.2) is 5.78 Å². The number of Topliss-reactive ketones (excluding diaryl/α,β-unsaturated/α-hetero) is 1. The molecule has 1 aromatic heterocycles. The zero-order valence-electron chi connectivity index (χ0n) is 15.8. The fourth-order valence-electron chi connectivity index (χ4n) is 3.08. The Morgan fingerprint density at radius 2 is 1.96 bits per heavy atom. The van der Waals surface area contributed by atoms with Crippen LogP contribution in [0.4, 0.5) is 0 Å². The van der Waals surface area contributed by atoms with Gasteiger partial charge in [0.1, 0.15) is 0 Å². The van der Waals surface area contributed by atoms with Crippen molar-refractivity contribution in [1.29, 1.82) is 0 Å². The molecule has 0 aliphatic carbocycles. The molecule has 1 aromatic rings. The number of nitrogens with one attached hydrogen (secondary N) is 1. The van der Waals surface area contributed by atoms with Crippen LogP contribution < -0.4 is 5.32 Å². The number of carbonyl (C=O) groups excluding carboxylic acids is 2. The number of likely N-dealkylation sites (N-methyl/N-ethyl adjacent to an activating group) is 2. The Bertz CT molecular complexity index is 566. The average molecular weight is 337 g/mol. The zero-order valence-corrected chi connectivity index (χ0v) is 15.8. The van der Waals surface area contributed by atoms with Gasteiger partial charge < -0.3 is 14.6 Å². The molecule has 0 saturated heterocycles. The molecule has 6 nitrogen and oxygen atoms in total. The van der Waals surface area contributed by atoms with Crippen molar-refractivity contribution in [1.82, 2.24) is 14.8 Å². The van der Waals surface area contributed by atoms with Crippen molar-refractivity contribution in [3.8, 4) is 0 Å². The lowest BCUT2D eigenvalue weighted by atomic mass is 10.1. The summed E-state index contributed by atoms with van der Waals surface area (Å²) in [4.78, 5) is 26.3.